The quantitative estimate of drug-likeness (QED) is 0.730. The number of rotatable bonds is 1. The Morgan fingerprint density at radius 1 is 1.50 bits per heavy atom. The first-order valence-corrected chi connectivity index (χ1v) is 4.53. The number of allylic oxidation sites excluding steroid dienone is 1. The maximum Gasteiger partial charge on any atom is 0.0534 e. The van der Waals surface area contributed by atoms with Gasteiger partial charge < -0.3 is 5.73 Å². The maximum atomic E-state index is 5.84. The van der Waals surface area contributed by atoms with Crippen molar-refractivity contribution in [2.75, 3.05) is 5.73 Å². The standard InChI is InChI=1S/C10H12BrN/c1-6(2)8-4-7(3)5-9(11)10(8)12/h4-5H,1,12H2,2-3H3. The van der Waals surface area contributed by atoms with Crippen molar-refractivity contribution in [1.29, 1.82) is 0 Å². The van der Waals surface area contributed by atoms with Crippen LogP contribution in [0.25, 0.3) is 5.57 Å². The van der Waals surface area contributed by atoms with Crippen LogP contribution in [0.1, 0.15) is 18.1 Å². The predicted octanol–water partition coefficient (Wildman–Crippen LogP) is 3.37. The molecular weight excluding hydrogens is 214 g/mol. The van der Waals surface area contributed by atoms with Crippen molar-refractivity contribution in [3.05, 3.63) is 34.3 Å². The lowest BCUT2D eigenvalue weighted by Crippen LogP contribution is -1.94. The molecule has 1 rings (SSSR count). The molecule has 0 fully saturated rings. The van der Waals surface area contributed by atoms with Gasteiger partial charge in [-0.1, -0.05) is 6.58 Å². The predicted molar refractivity (Wildman–Crippen MR) is 58.0 cm³/mol. The Bertz CT molecular complexity index is 329. The van der Waals surface area contributed by atoms with Crippen LogP contribution in [0, 0.1) is 6.92 Å². The Morgan fingerprint density at radius 3 is 2.58 bits per heavy atom. The molecule has 0 aliphatic rings. The first-order chi connectivity index (χ1) is 5.52. The van der Waals surface area contributed by atoms with Gasteiger partial charge in [0.05, 0.1) is 5.69 Å². The van der Waals surface area contributed by atoms with Crippen LogP contribution in [0.15, 0.2) is 23.2 Å². The van der Waals surface area contributed by atoms with E-state index >= 15 is 0 Å². The van der Waals surface area contributed by atoms with Crippen molar-refractivity contribution in [1.82, 2.24) is 0 Å². The largest absolute Gasteiger partial charge is 0.397 e. The highest BCUT2D eigenvalue weighted by Crippen LogP contribution is 2.29. The third kappa shape index (κ3) is 1.69. The summed E-state index contributed by atoms with van der Waals surface area (Å²) in [7, 11) is 0. The van der Waals surface area contributed by atoms with E-state index < -0.39 is 0 Å². The number of aryl methyl sites for hydroxylation is 1. The number of nitrogen functional groups attached to an aromatic ring is 1. The summed E-state index contributed by atoms with van der Waals surface area (Å²) in [4.78, 5) is 0. The third-order valence-corrected chi connectivity index (χ3v) is 2.39. The van der Waals surface area contributed by atoms with Gasteiger partial charge in [-0.25, -0.2) is 0 Å². The number of anilines is 1. The van der Waals surface area contributed by atoms with E-state index in [1.807, 2.05) is 26.0 Å². The molecule has 2 heteroatoms. The van der Waals surface area contributed by atoms with Crippen LogP contribution in [0.4, 0.5) is 5.69 Å². The number of nitrogens with two attached hydrogens (primary N) is 1. The van der Waals surface area contributed by atoms with E-state index in [9.17, 15) is 0 Å². The fourth-order valence-corrected chi connectivity index (χ4v) is 1.68. The van der Waals surface area contributed by atoms with Crippen molar-refractivity contribution < 1.29 is 0 Å². The van der Waals surface area contributed by atoms with E-state index in [2.05, 4.69) is 22.5 Å². The zero-order chi connectivity index (χ0) is 9.30. The average Bonchev–Trinajstić information content (AvgIpc) is 1.96. The Labute approximate surface area is 81.4 Å². The van der Waals surface area contributed by atoms with Gasteiger partial charge in [0.15, 0.2) is 0 Å². The molecular formula is C10H12BrN. The molecule has 0 aliphatic carbocycles. The number of hydrogen-bond donors (Lipinski definition) is 1. The number of halogens is 1. The molecule has 0 saturated carbocycles. The monoisotopic (exact) mass is 225 g/mol. The summed E-state index contributed by atoms with van der Waals surface area (Å²) >= 11 is 3.40. The summed E-state index contributed by atoms with van der Waals surface area (Å²) in [5, 5.41) is 0. The van der Waals surface area contributed by atoms with Gasteiger partial charge in [-0.05, 0) is 53.0 Å². The molecule has 2 N–H and O–H groups in total. The van der Waals surface area contributed by atoms with E-state index in [1.54, 1.807) is 0 Å². The highest BCUT2D eigenvalue weighted by atomic mass is 79.9. The van der Waals surface area contributed by atoms with Crippen LogP contribution in [-0.2, 0) is 0 Å². The van der Waals surface area contributed by atoms with Crippen LogP contribution in [0.3, 0.4) is 0 Å². The summed E-state index contributed by atoms with van der Waals surface area (Å²) < 4.78 is 0.945. The molecule has 0 bridgehead atoms. The van der Waals surface area contributed by atoms with E-state index in [1.165, 1.54) is 5.56 Å². The van der Waals surface area contributed by atoms with Crippen LogP contribution >= 0.6 is 15.9 Å². The first kappa shape index (κ1) is 9.33. The summed E-state index contributed by atoms with van der Waals surface area (Å²) in [5.41, 5.74) is 9.83. The third-order valence-electron chi connectivity index (χ3n) is 1.73. The van der Waals surface area contributed by atoms with Crippen molar-refractivity contribution >= 4 is 27.2 Å². The lowest BCUT2D eigenvalue weighted by Gasteiger charge is -2.08. The second kappa shape index (κ2) is 3.31. The topological polar surface area (TPSA) is 26.0 Å². The highest BCUT2D eigenvalue weighted by Gasteiger charge is 2.04. The molecule has 0 spiro atoms. The van der Waals surface area contributed by atoms with Crippen molar-refractivity contribution in [2.24, 2.45) is 0 Å². The van der Waals surface area contributed by atoms with Crippen molar-refractivity contribution in [3.63, 3.8) is 0 Å². The fourth-order valence-electron chi connectivity index (χ4n) is 1.11. The molecule has 1 nitrogen and oxygen atoms in total. The van der Waals surface area contributed by atoms with Crippen LogP contribution < -0.4 is 5.73 Å². The normalized spacial score (nSPS) is 9.92. The van der Waals surface area contributed by atoms with Gasteiger partial charge >= 0.3 is 0 Å². The molecule has 0 atom stereocenters. The average molecular weight is 226 g/mol. The van der Waals surface area contributed by atoms with Gasteiger partial charge in [-0.3, -0.25) is 0 Å². The Balaban J connectivity index is 3.37. The molecule has 64 valence electrons. The van der Waals surface area contributed by atoms with Crippen LogP contribution in [0.5, 0.6) is 0 Å². The number of benzene rings is 1. The number of hydrogen-bond acceptors (Lipinski definition) is 1. The van der Waals surface area contributed by atoms with E-state index in [0.29, 0.717) is 0 Å². The SMILES string of the molecule is C=C(C)c1cc(C)cc(Br)c1N. The summed E-state index contributed by atoms with van der Waals surface area (Å²) in [6.07, 6.45) is 0. The summed E-state index contributed by atoms with van der Waals surface area (Å²) in [6, 6.07) is 4.05. The lowest BCUT2D eigenvalue weighted by molar-refractivity contribution is 1.42. The molecule has 0 aromatic heterocycles. The zero-order valence-electron chi connectivity index (χ0n) is 7.32. The second-order valence-electron chi connectivity index (χ2n) is 2.99. The maximum absolute atomic E-state index is 5.84. The molecule has 0 heterocycles. The Hall–Kier alpha value is -0.760. The minimum absolute atomic E-state index is 0.771. The molecule has 0 amide bonds. The fraction of sp³-hybridized carbons (Fsp3) is 0.200. The van der Waals surface area contributed by atoms with E-state index in [-0.39, 0.29) is 0 Å². The summed E-state index contributed by atoms with van der Waals surface area (Å²) in [5.74, 6) is 0. The molecule has 1 aromatic rings. The molecule has 12 heavy (non-hydrogen) atoms. The van der Waals surface area contributed by atoms with Gasteiger partial charge in [-0.2, -0.15) is 0 Å². The highest BCUT2D eigenvalue weighted by molar-refractivity contribution is 9.10. The van der Waals surface area contributed by atoms with E-state index in [0.717, 1.165) is 21.3 Å². The lowest BCUT2D eigenvalue weighted by atomic mass is 10.0. The summed E-state index contributed by atoms with van der Waals surface area (Å²) in [6.45, 7) is 7.86. The van der Waals surface area contributed by atoms with Gasteiger partial charge in [0.2, 0.25) is 0 Å². The molecule has 1 aromatic carbocycles. The smallest absolute Gasteiger partial charge is 0.0534 e. The minimum atomic E-state index is 0.771. The zero-order valence-corrected chi connectivity index (χ0v) is 8.90. The van der Waals surface area contributed by atoms with Crippen LogP contribution in [0.2, 0.25) is 0 Å². The van der Waals surface area contributed by atoms with Gasteiger partial charge in [-0.15, -0.1) is 0 Å². The van der Waals surface area contributed by atoms with Crippen molar-refractivity contribution in [2.45, 2.75) is 13.8 Å². The van der Waals surface area contributed by atoms with Crippen molar-refractivity contribution in [3.8, 4) is 0 Å². The molecule has 0 saturated heterocycles. The molecule has 0 unspecified atom stereocenters. The Kier molecular flexibility index (Phi) is 2.58. The first-order valence-electron chi connectivity index (χ1n) is 3.74. The molecule has 0 aliphatic heterocycles. The van der Waals surface area contributed by atoms with Gasteiger partial charge in [0, 0.05) is 10.0 Å². The van der Waals surface area contributed by atoms with Gasteiger partial charge in [0.1, 0.15) is 0 Å². The van der Waals surface area contributed by atoms with Crippen LogP contribution in [-0.4, -0.2) is 0 Å². The molecule has 0 radical (unpaired) electrons. The van der Waals surface area contributed by atoms with E-state index in [4.69, 9.17) is 5.73 Å². The van der Waals surface area contributed by atoms with Gasteiger partial charge in [0.25, 0.3) is 0 Å². The Morgan fingerprint density at radius 2 is 2.08 bits per heavy atom. The minimum Gasteiger partial charge on any atom is -0.397 e. The second-order valence-corrected chi connectivity index (χ2v) is 3.84.